The van der Waals surface area contributed by atoms with Crippen molar-refractivity contribution in [1.82, 2.24) is 15.5 Å². The van der Waals surface area contributed by atoms with Crippen LogP contribution < -0.4 is 16.4 Å². The minimum Gasteiger partial charge on any atom is -0.379 e. The van der Waals surface area contributed by atoms with E-state index in [-0.39, 0.29) is 24.0 Å². The summed E-state index contributed by atoms with van der Waals surface area (Å²) in [6, 6.07) is 7.78. The summed E-state index contributed by atoms with van der Waals surface area (Å²) in [6.45, 7) is 12.3. The lowest BCUT2D eigenvalue weighted by molar-refractivity contribution is 0.00272. The Balaban J connectivity index is 0.00000450. The highest BCUT2D eigenvalue weighted by Gasteiger charge is 2.27. The fourth-order valence-electron chi connectivity index (χ4n) is 3.87. The molecule has 1 saturated heterocycles. The fraction of sp³-hybridized carbons (Fsp3) is 0.636. The Kier molecular flexibility index (Phi) is 13.0. The summed E-state index contributed by atoms with van der Waals surface area (Å²) in [5.74, 6) is 1.01. The van der Waals surface area contributed by atoms with Crippen LogP contribution in [0.25, 0.3) is 0 Å². The second-order valence-corrected chi connectivity index (χ2v) is 7.43. The van der Waals surface area contributed by atoms with Gasteiger partial charge in [-0.15, -0.1) is 24.0 Å². The second-order valence-electron chi connectivity index (χ2n) is 7.43. The molecule has 1 unspecified atom stereocenters. The predicted molar refractivity (Wildman–Crippen MR) is 133 cm³/mol. The first-order valence-electron chi connectivity index (χ1n) is 10.8. The molecule has 1 aliphatic heterocycles. The van der Waals surface area contributed by atoms with Gasteiger partial charge in [0.1, 0.15) is 0 Å². The number of halogens is 1. The SMILES string of the molecule is CCNC(=NCc1cccc(C(N)=O)c1)NCC(C(CC)CC)N1CCOCC1.I. The van der Waals surface area contributed by atoms with Crippen molar-refractivity contribution < 1.29 is 9.53 Å². The summed E-state index contributed by atoms with van der Waals surface area (Å²) in [5, 5.41) is 6.87. The standard InChI is InChI=1S/C22H37N5O2.HI/c1-4-18(5-2)20(27-10-12-29-13-11-27)16-26-22(24-6-3)25-15-17-8-7-9-19(14-17)21(23)28;/h7-9,14,18,20H,4-6,10-13,15-16H2,1-3H3,(H2,23,28)(H2,24,25,26);1H. The average Bonchev–Trinajstić information content (AvgIpc) is 2.75. The monoisotopic (exact) mass is 531 g/mol. The van der Waals surface area contributed by atoms with E-state index in [0.29, 0.717) is 24.1 Å². The maximum Gasteiger partial charge on any atom is 0.248 e. The van der Waals surface area contributed by atoms with Crippen LogP contribution in [0.1, 0.15) is 49.5 Å². The zero-order valence-corrected chi connectivity index (χ0v) is 20.9. The molecule has 170 valence electrons. The Labute approximate surface area is 198 Å². The number of benzene rings is 1. The summed E-state index contributed by atoms with van der Waals surface area (Å²) < 4.78 is 5.54. The van der Waals surface area contributed by atoms with Crippen molar-refractivity contribution in [2.75, 3.05) is 39.4 Å². The van der Waals surface area contributed by atoms with Crippen LogP contribution in [-0.2, 0) is 11.3 Å². The molecular weight excluding hydrogens is 493 g/mol. The van der Waals surface area contributed by atoms with Crippen LogP contribution in [0, 0.1) is 5.92 Å². The molecule has 1 aliphatic rings. The van der Waals surface area contributed by atoms with Gasteiger partial charge in [0.05, 0.1) is 19.8 Å². The van der Waals surface area contributed by atoms with E-state index in [4.69, 9.17) is 15.5 Å². The first kappa shape index (κ1) is 26.6. The molecule has 2 rings (SSSR count). The smallest absolute Gasteiger partial charge is 0.248 e. The van der Waals surface area contributed by atoms with Gasteiger partial charge in [-0.1, -0.05) is 38.8 Å². The molecule has 0 saturated carbocycles. The minimum absolute atomic E-state index is 0. The van der Waals surface area contributed by atoms with Crippen molar-refractivity contribution in [2.45, 2.75) is 46.2 Å². The highest BCUT2D eigenvalue weighted by atomic mass is 127. The topological polar surface area (TPSA) is 92.0 Å². The van der Waals surface area contributed by atoms with Crippen LogP contribution in [0.5, 0.6) is 0 Å². The summed E-state index contributed by atoms with van der Waals surface area (Å²) >= 11 is 0. The van der Waals surface area contributed by atoms with Gasteiger partial charge in [0.15, 0.2) is 5.96 Å². The van der Waals surface area contributed by atoms with Crippen LogP contribution in [0.3, 0.4) is 0 Å². The summed E-state index contributed by atoms with van der Waals surface area (Å²) in [7, 11) is 0. The largest absolute Gasteiger partial charge is 0.379 e. The van der Waals surface area contributed by atoms with Gasteiger partial charge in [-0.3, -0.25) is 9.69 Å². The number of nitrogens with two attached hydrogens (primary N) is 1. The van der Waals surface area contributed by atoms with Crippen molar-refractivity contribution in [3.63, 3.8) is 0 Å². The number of morpholine rings is 1. The number of hydrogen-bond acceptors (Lipinski definition) is 4. The number of nitrogens with zero attached hydrogens (tertiary/aromatic N) is 2. The lowest BCUT2D eigenvalue weighted by Gasteiger charge is -2.39. The molecule has 0 aromatic heterocycles. The molecule has 30 heavy (non-hydrogen) atoms. The number of aliphatic imine (C=N–C) groups is 1. The zero-order valence-electron chi connectivity index (χ0n) is 18.5. The minimum atomic E-state index is -0.417. The van der Waals surface area contributed by atoms with Gasteiger partial charge in [-0.05, 0) is 30.5 Å². The maximum absolute atomic E-state index is 11.4. The Morgan fingerprint density at radius 3 is 2.50 bits per heavy atom. The van der Waals surface area contributed by atoms with Gasteiger partial charge < -0.3 is 21.1 Å². The molecule has 1 amide bonds. The summed E-state index contributed by atoms with van der Waals surface area (Å²) in [6.07, 6.45) is 2.32. The third kappa shape index (κ3) is 8.39. The fourth-order valence-corrected chi connectivity index (χ4v) is 3.87. The van der Waals surface area contributed by atoms with Crippen molar-refractivity contribution in [2.24, 2.45) is 16.6 Å². The van der Waals surface area contributed by atoms with E-state index in [1.54, 1.807) is 12.1 Å². The maximum atomic E-state index is 11.4. The van der Waals surface area contributed by atoms with Gasteiger partial charge in [-0.25, -0.2) is 4.99 Å². The molecular formula is C22H38IN5O2. The van der Waals surface area contributed by atoms with Crippen LogP contribution in [0.2, 0.25) is 0 Å². The Morgan fingerprint density at radius 1 is 1.20 bits per heavy atom. The summed E-state index contributed by atoms with van der Waals surface area (Å²) in [4.78, 5) is 18.7. The van der Waals surface area contributed by atoms with Gasteiger partial charge >= 0.3 is 0 Å². The molecule has 0 bridgehead atoms. The quantitative estimate of drug-likeness (QED) is 0.245. The first-order chi connectivity index (χ1) is 14.1. The Bertz CT molecular complexity index is 661. The number of carbonyl (C=O) groups is 1. The highest BCUT2D eigenvalue weighted by molar-refractivity contribution is 14.0. The second kappa shape index (κ2) is 14.6. The molecule has 0 radical (unpaired) electrons. The third-order valence-corrected chi connectivity index (χ3v) is 5.56. The molecule has 1 aromatic rings. The van der Waals surface area contributed by atoms with Crippen molar-refractivity contribution in [3.8, 4) is 0 Å². The summed E-state index contributed by atoms with van der Waals surface area (Å²) in [5.41, 5.74) is 6.85. The molecule has 4 N–H and O–H groups in total. The van der Waals surface area contributed by atoms with Crippen LogP contribution in [0.4, 0.5) is 0 Å². The van der Waals surface area contributed by atoms with E-state index in [9.17, 15) is 4.79 Å². The molecule has 0 spiro atoms. The van der Waals surface area contributed by atoms with Gasteiger partial charge in [0.25, 0.3) is 0 Å². The lowest BCUT2D eigenvalue weighted by atomic mass is 9.92. The normalized spacial score (nSPS) is 16.1. The number of nitrogens with one attached hydrogen (secondary N) is 2. The van der Waals surface area contributed by atoms with Crippen LogP contribution >= 0.6 is 24.0 Å². The van der Waals surface area contributed by atoms with Gasteiger partial charge in [0, 0.05) is 37.8 Å². The third-order valence-electron chi connectivity index (χ3n) is 5.56. The number of guanidine groups is 1. The van der Waals surface area contributed by atoms with E-state index in [1.165, 1.54) is 0 Å². The Morgan fingerprint density at radius 2 is 1.90 bits per heavy atom. The number of ether oxygens (including phenoxy) is 1. The highest BCUT2D eigenvalue weighted by Crippen LogP contribution is 2.19. The van der Waals surface area contributed by atoms with Crippen molar-refractivity contribution >= 4 is 35.8 Å². The van der Waals surface area contributed by atoms with Crippen molar-refractivity contribution in [1.29, 1.82) is 0 Å². The van der Waals surface area contributed by atoms with E-state index in [2.05, 4.69) is 36.3 Å². The number of rotatable bonds is 10. The average molecular weight is 531 g/mol. The first-order valence-corrected chi connectivity index (χ1v) is 10.8. The molecule has 0 aliphatic carbocycles. The van der Waals surface area contributed by atoms with E-state index < -0.39 is 5.91 Å². The van der Waals surface area contributed by atoms with Crippen LogP contribution in [-0.4, -0.2) is 62.2 Å². The molecule has 1 aromatic carbocycles. The van der Waals surface area contributed by atoms with Crippen molar-refractivity contribution in [3.05, 3.63) is 35.4 Å². The molecule has 7 nitrogen and oxygen atoms in total. The van der Waals surface area contributed by atoms with E-state index in [0.717, 1.165) is 63.8 Å². The molecule has 1 heterocycles. The molecule has 8 heteroatoms. The number of hydrogen-bond donors (Lipinski definition) is 3. The van der Waals surface area contributed by atoms with E-state index >= 15 is 0 Å². The lowest BCUT2D eigenvalue weighted by Crippen LogP contribution is -2.53. The van der Waals surface area contributed by atoms with Gasteiger partial charge in [0.2, 0.25) is 5.91 Å². The number of carbonyl (C=O) groups excluding carboxylic acids is 1. The molecule has 1 atom stereocenters. The van der Waals surface area contributed by atoms with Gasteiger partial charge in [-0.2, -0.15) is 0 Å². The van der Waals surface area contributed by atoms with Crippen LogP contribution in [0.15, 0.2) is 29.3 Å². The Hall–Kier alpha value is -1.39. The zero-order chi connectivity index (χ0) is 21.1. The molecule has 1 fully saturated rings. The van der Waals surface area contributed by atoms with E-state index in [1.807, 2.05) is 12.1 Å². The number of amides is 1. The predicted octanol–water partition coefficient (Wildman–Crippen LogP) is 2.60. The number of primary amides is 1.